The van der Waals surface area contributed by atoms with Crippen LogP contribution in [0.15, 0.2) is 57.9 Å². The number of aromatic hydroxyl groups is 3. The normalized spacial score (nSPS) is 11.6. The van der Waals surface area contributed by atoms with Crippen LogP contribution < -0.4 is 19.8 Å². The second kappa shape index (κ2) is 8.20. The van der Waals surface area contributed by atoms with Crippen LogP contribution in [0.3, 0.4) is 0 Å². The number of phenolic OH excluding ortho intramolecular Hbond substituents is 3. The van der Waals surface area contributed by atoms with Crippen molar-refractivity contribution in [2.45, 2.75) is 0 Å². The van der Waals surface area contributed by atoms with Gasteiger partial charge in [0.1, 0.15) is 16.9 Å². The minimum atomic E-state index is -0.735. The minimum absolute atomic E-state index is 0.0192. The highest BCUT2D eigenvalue weighted by atomic mass is 19.1. The van der Waals surface area contributed by atoms with Crippen molar-refractivity contribution in [3.63, 3.8) is 0 Å². The lowest BCUT2D eigenvalue weighted by atomic mass is 9.97. The predicted molar refractivity (Wildman–Crippen MR) is 138 cm³/mol. The number of nitrogens with zero attached hydrogens (tertiary/aromatic N) is 1. The molecule has 0 aliphatic rings. The zero-order valence-electron chi connectivity index (χ0n) is 20.3. The van der Waals surface area contributed by atoms with E-state index in [4.69, 9.17) is 18.6 Å². The molecule has 0 unspecified atom stereocenters. The fraction of sp³-hybridized carbons (Fsp3) is 0.107. The monoisotopic (exact) mass is 517 g/mol. The number of ether oxygens (including phenoxy) is 3. The molecule has 0 amide bonds. The molecule has 10 heteroatoms. The van der Waals surface area contributed by atoms with Crippen LogP contribution in [0.25, 0.3) is 49.3 Å². The van der Waals surface area contributed by atoms with Gasteiger partial charge in [-0.15, -0.1) is 0 Å². The number of halogens is 1. The molecule has 0 bridgehead atoms. The number of benzene rings is 3. The van der Waals surface area contributed by atoms with E-state index in [1.165, 1.54) is 45.6 Å². The van der Waals surface area contributed by atoms with E-state index in [0.717, 1.165) is 6.07 Å². The van der Waals surface area contributed by atoms with Crippen molar-refractivity contribution in [3.8, 4) is 45.6 Å². The first-order valence-electron chi connectivity index (χ1n) is 11.4. The van der Waals surface area contributed by atoms with Crippen LogP contribution in [-0.4, -0.2) is 41.0 Å². The second-order valence-electron chi connectivity index (χ2n) is 8.66. The summed E-state index contributed by atoms with van der Waals surface area (Å²) in [6.07, 6.45) is 1.61. The fourth-order valence-electron chi connectivity index (χ4n) is 5.01. The first kappa shape index (κ1) is 23.3. The number of hydrogen-bond acceptors (Lipinski definition) is 8. The molecule has 3 heterocycles. The van der Waals surface area contributed by atoms with Crippen LogP contribution in [0.4, 0.5) is 4.39 Å². The first-order chi connectivity index (χ1) is 18.3. The Morgan fingerprint density at radius 3 is 2.08 bits per heavy atom. The quantitative estimate of drug-likeness (QED) is 0.269. The summed E-state index contributed by atoms with van der Waals surface area (Å²) >= 11 is 0. The maximum Gasteiger partial charge on any atom is 0.361 e. The van der Waals surface area contributed by atoms with Gasteiger partial charge in [0.05, 0.1) is 26.8 Å². The minimum Gasteiger partial charge on any atom is -0.504 e. The number of fused-ring (bicyclic) bond motifs is 7. The van der Waals surface area contributed by atoms with Gasteiger partial charge in [-0.05, 0) is 35.7 Å². The fourth-order valence-corrected chi connectivity index (χ4v) is 5.01. The molecule has 192 valence electrons. The van der Waals surface area contributed by atoms with E-state index < -0.39 is 11.4 Å². The molecule has 0 fully saturated rings. The van der Waals surface area contributed by atoms with E-state index in [1.54, 1.807) is 22.7 Å². The van der Waals surface area contributed by atoms with E-state index in [9.17, 15) is 20.1 Å². The average molecular weight is 517 g/mol. The van der Waals surface area contributed by atoms with Crippen LogP contribution in [0.5, 0.6) is 34.5 Å². The van der Waals surface area contributed by atoms with Gasteiger partial charge in [-0.3, -0.25) is 0 Å². The molecule has 0 saturated heterocycles. The number of phenols is 3. The molecular weight excluding hydrogens is 497 g/mol. The van der Waals surface area contributed by atoms with Crippen molar-refractivity contribution in [2.24, 2.45) is 0 Å². The molecule has 38 heavy (non-hydrogen) atoms. The number of methoxy groups -OCH3 is 3. The van der Waals surface area contributed by atoms with Gasteiger partial charge in [0.15, 0.2) is 34.5 Å². The van der Waals surface area contributed by atoms with Crippen LogP contribution in [-0.2, 0) is 0 Å². The Morgan fingerprint density at radius 1 is 0.789 bits per heavy atom. The standard InChI is InChI=1S/C28H20FNO8/c1-35-21-8-13-12(6-17(21)31)4-5-30-26(13)24(14-7-18(32)23(37-3)10-16(14)29)25-15-9-22(36-2)19(33)11-20(15)38-28(34)27(25)30/h4-11,31-33H,1-3H3. The van der Waals surface area contributed by atoms with E-state index in [0.29, 0.717) is 27.1 Å². The SMILES string of the molecule is COc1cc(F)c(-c2c3c4cc(OC)c(O)cc4oc(=O)c3n3ccc4cc(O)c(OC)cc4c23)cc1O. The molecule has 6 rings (SSSR count). The summed E-state index contributed by atoms with van der Waals surface area (Å²) in [5.74, 6) is -1.15. The third-order valence-corrected chi connectivity index (χ3v) is 6.70. The van der Waals surface area contributed by atoms with E-state index in [2.05, 4.69) is 0 Å². The van der Waals surface area contributed by atoms with Crippen molar-refractivity contribution in [1.82, 2.24) is 4.40 Å². The topological polar surface area (TPSA) is 123 Å². The summed E-state index contributed by atoms with van der Waals surface area (Å²) in [7, 11) is 4.08. The smallest absolute Gasteiger partial charge is 0.361 e. The van der Waals surface area contributed by atoms with Crippen molar-refractivity contribution < 1.29 is 38.3 Å². The Balaban J connectivity index is 1.95. The first-order valence-corrected chi connectivity index (χ1v) is 11.4. The Bertz CT molecular complexity index is 2010. The Hall–Kier alpha value is -5.12. The van der Waals surface area contributed by atoms with Gasteiger partial charge in [-0.2, -0.15) is 0 Å². The summed E-state index contributed by atoms with van der Waals surface area (Å²) in [6, 6.07) is 9.79. The summed E-state index contributed by atoms with van der Waals surface area (Å²) in [6.45, 7) is 0. The van der Waals surface area contributed by atoms with E-state index in [1.807, 2.05) is 0 Å². The van der Waals surface area contributed by atoms with Crippen LogP contribution in [0.1, 0.15) is 0 Å². The summed E-state index contributed by atoms with van der Waals surface area (Å²) in [5, 5.41) is 33.1. The van der Waals surface area contributed by atoms with Gasteiger partial charge in [0, 0.05) is 45.6 Å². The highest BCUT2D eigenvalue weighted by Crippen LogP contribution is 2.46. The molecule has 9 nitrogen and oxygen atoms in total. The highest BCUT2D eigenvalue weighted by Gasteiger charge is 2.26. The zero-order valence-corrected chi connectivity index (χ0v) is 20.3. The summed E-state index contributed by atoms with van der Waals surface area (Å²) < 4.78 is 38.5. The highest BCUT2D eigenvalue weighted by molar-refractivity contribution is 6.22. The zero-order chi connectivity index (χ0) is 26.9. The molecule has 0 atom stereocenters. The molecule has 0 spiro atoms. The van der Waals surface area contributed by atoms with Gasteiger partial charge in [-0.25, -0.2) is 9.18 Å². The van der Waals surface area contributed by atoms with Crippen LogP contribution in [0, 0.1) is 5.82 Å². The van der Waals surface area contributed by atoms with Crippen molar-refractivity contribution in [1.29, 1.82) is 0 Å². The van der Waals surface area contributed by atoms with Crippen LogP contribution >= 0.6 is 0 Å². The number of pyridine rings is 1. The molecule has 3 aromatic carbocycles. The molecule has 0 saturated carbocycles. The Kier molecular flexibility index (Phi) is 5.03. The number of rotatable bonds is 4. The van der Waals surface area contributed by atoms with Crippen molar-refractivity contribution >= 4 is 38.2 Å². The van der Waals surface area contributed by atoms with Gasteiger partial charge in [-0.1, -0.05) is 0 Å². The van der Waals surface area contributed by atoms with Gasteiger partial charge in [0.25, 0.3) is 0 Å². The maximum absolute atomic E-state index is 15.7. The third kappa shape index (κ3) is 3.13. The van der Waals surface area contributed by atoms with Crippen molar-refractivity contribution in [2.75, 3.05) is 21.3 Å². The lowest BCUT2D eigenvalue weighted by molar-refractivity contribution is 0.370. The van der Waals surface area contributed by atoms with E-state index in [-0.39, 0.29) is 56.7 Å². The van der Waals surface area contributed by atoms with Gasteiger partial charge < -0.3 is 38.3 Å². The molecule has 3 N–H and O–H groups in total. The Labute approximate surface area is 213 Å². The van der Waals surface area contributed by atoms with E-state index >= 15 is 4.39 Å². The molecule has 0 aliphatic carbocycles. The third-order valence-electron chi connectivity index (χ3n) is 6.70. The molecule has 3 aromatic heterocycles. The largest absolute Gasteiger partial charge is 0.504 e. The summed E-state index contributed by atoms with van der Waals surface area (Å²) in [5.41, 5.74) is 0.0518. The van der Waals surface area contributed by atoms with Crippen molar-refractivity contribution in [3.05, 3.63) is 64.9 Å². The Morgan fingerprint density at radius 2 is 1.39 bits per heavy atom. The second-order valence-corrected chi connectivity index (χ2v) is 8.66. The molecule has 0 radical (unpaired) electrons. The molecular formula is C28H20FNO8. The van der Waals surface area contributed by atoms with Gasteiger partial charge >= 0.3 is 5.63 Å². The summed E-state index contributed by atoms with van der Waals surface area (Å²) in [4.78, 5) is 13.4. The maximum atomic E-state index is 15.7. The predicted octanol–water partition coefficient (Wildman–Crippen LogP) is 5.30. The number of hydrogen-bond donors (Lipinski definition) is 3. The molecule has 6 aromatic rings. The molecule has 0 aliphatic heterocycles. The van der Waals surface area contributed by atoms with Crippen LogP contribution in [0.2, 0.25) is 0 Å². The lowest BCUT2D eigenvalue weighted by Gasteiger charge is -2.12. The average Bonchev–Trinajstić information content (AvgIpc) is 3.25. The lowest BCUT2D eigenvalue weighted by Crippen LogP contribution is -2.02. The number of aromatic nitrogens is 1. The van der Waals surface area contributed by atoms with Gasteiger partial charge in [0.2, 0.25) is 0 Å².